The van der Waals surface area contributed by atoms with Gasteiger partial charge in [0.2, 0.25) is 5.91 Å². The van der Waals surface area contributed by atoms with E-state index in [-0.39, 0.29) is 17.2 Å². The molecule has 0 bridgehead atoms. The number of benzene rings is 1. The molecule has 5 nitrogen and oxygen atoms in total. The van der Waals surface area contributed by atoms with Crippen LogP contribution in [0.25, 0.3) is 0 Å². The van der Waals surface area contributed by atoms with Crippen LogP contribution in [0.2, 0.25) is 0 Å². The molecule has 0 aliphatic carbocycles. The van der Waals surface area contributed by atoms with E-state index in [4.69, 9.17) is 0 Å². The van der Waals surface area contributed by atoms with Crippen LogP contribution in [-0.4, -0.2) is 29.5 Å². The van der Waals surface area contributed by atoms with E-state index in [1.807, 2.05) is 6.92 Å². The van der Waals surface area contributed by atoms with E-state index in [0.717, 1.165) is 12.0 Å². The van der Waals surface area contributed by atoms with Gasteiger partial charge < -0.3 is 15.7 Å². The van der Waals surface area contributed by atoms with Crippen molar-refractivity contribution < 1.29 is 14.7 Å². The monoisotopic (exact) mass is 248 g/mol. The van der Waals surface area contributed by atoms with Crippen LogP contribution in [0.15, 0.2) is 18.2 Å². The standard InChI is InChI=1S/C13H16N2O3/c1-8-4-5-11(16)9(7-8)12(17)15-10-3-2-6-14-13(10)18/h4-5,7,10,16H,2-3,6H2,1H3,(H,14,18)(H,15,17). The number of piperidine rings is 1. The molecule has 1 aliphatic heterocycles. The summed E-state index contributed by atoms with van der Waals surface area (Å²) in [6.07, 6.45) is 1.47. The minimum Gasteiger partial charge on any atom is -0.507 e. The minimum atomic E-state index is -0.508. The van der Waals surface area contributed by atoms with Crippen LogP contribution in [0.3, 0.4) is 0 Å². The first-order valence-electron chi connectivity index (χ1n) is 5.96. The maximum Gasteiger partial charge on any atom is 0.255 e. The van der Waals surface area contributed by atoms with Crippen LogP contribution in [0.5, 0.6) is 5.75 Å². The molecule has 2 rings (SSSR count). The number of carbonyl (C=O) groups is 2. The lowest BCUT2D eigenvalue weighted by Crippen LogP contribution is -2.50. The van der Waals surface area contributed by atoms with Gasteiger partial charge in [-0.1, -0.05) is 11.6 Å². The van der Waals surface area contributed by atoms with Gasteiger partial charge in [-0.05, 0) is 31.9 Å². The molecule has 1 atom stereocenters. The Morgan fingerprint density at radius 2 is 2.28 bits per heavy atom. The third kappa shape index (κ3) is 2.61. The molecule has 1 aromatic rings. The molecule has 1 aliphatic rings. The van der Waals surface area contributed by atoms with Gasteiger partial charge in [-0.25, -0.2) is 0 Å². The lowest BCUT2D eigenvalue weighted by molar-refractivity contribution is -0.124. The number of phenolic OH excluding ortho intramolecular Hbond substituents is 1. The molecule has 1 saturated heterocycles. The molecule has 0 radical (unpaired) electrons. The van der Waals surface area contributed by atoms with Gasteiger partial charge >= 0.3 is 0 Å². The van der Waals surface area contributed by atoms with E-state index in [2.05, 4.69) is 10.6 Å². The highest BCUT2D eigenvalue weighted by Gasteiger charge is 2.24. The summed E-state index contributed by atoms with van der Waals surface area (Å²) < 4.78 is 0. The SMILES string of the molecule is Cc1ccc(O)c(C(=O)NC2CCCNC2=O)c1. The van der Waals surface area contributed by atoms with Gasteiger partial charge in [0, 0.05) is 6.54 Å². The van der Waals surface area contributed by atoms with E-state index >= 15 is 0 Å². The summed E-state index contributed by atoms with van der Waals surface area (Å²) in [7, 11) is 0. The Kier molecular flexibility index (Phi) is 3.50. The zero-order valence-electron chi connectivity index (χ0n) is 10.2. The first-order chi connectivity index (χ1) is 8.58. The fraction of sp³-hybridized carbons (Fsp3) is 0.385. The van der Waals surface area contributed by atoms with E-state index in [9.17, 15) is 14.7 Å². The molecule has 18 heavy (non-hydrogen) atoms. The number of amides is 2. The van der Waals surface area contributed by atoms with E-state index < -0.39 is 11.9 Å². The number of rotatable bonds is 2. The average molecular weight is 248 g/mol. The zero-order chi connectivity index (χ0) is 13.1. The van der Waals surface area contributed by atoms with Crippen molar-refractivity contribution in [2.45, 2.75) is 25.8 Å². The number of nitrogens with one attached hydrogen (secondary N) is 2. The topological polar surface area (TPSA) is 78.4 Å². The number of hydrogen-bond acceptors (Lipinski definition) is 3. The minimum absolute atomic E-state index is 0.0747. The quantitative estimate of drug-likeness (QED) is 0.721. The second kappa shape index (κ2) is 5.08. The van der Waals surface area contributed by atoms with E-state index in [0.29, 0.717) is 13.0 Å². The first-order valence-corrected chi connectivity index (χ1v) is 5.96. The smallest absolute Gasteiger partial charge is 0.255 e. The van der Waals surface area contributed by atoms with Crippen LogP contribution < -0.4 is 10.6 Å². The Hall–Kier alpha value is -2.04. The van der Waals surface area contributed by atoms with Crippen molar-refractivity contribution in [1.29, 1.82) is 0 Å². The summed E-state index contributed by atoms with van der Waals surface area (Å²) in [4.78, 5) is 23.5. The Labute approximate surface area is 105 Å². The van der Waals surface area contributed by atoms with Crippen molar-refractivity contribution in [3.63, 3.8) is 0 Å². The Balaban J connectivity index is 2.11. The predicted molar refractivity (Wildman–Crippen MR) is 66.3 cm³/mol. The van der Waals surface area contributed by atoms with Crippen molar-refractivity contribution in [1.82, 2.24) is 10.6 Å². The Morgan fingerprint density at radius 1 is 1.50 bits per heavy atom. The van der Waals surface area contributed by atoms with Gasteiger partial charge in [-0.15, -0.1) is 0 Å². The number of phenols is 1. The Bertz CT molecular complexity index is 485. The molecule has 5 heteroatoms. The van der Waals surface area contributed by atoms with Gasteiger partial charge in [-0.2, -0.15) is 0 Å². The predicted octanol–water partition coefficient (Wildman–Crippen LogP) is 0.709. The van der Waals surface area contributed by atoms with Crippen LogP contribution in [0, 0.1) is 6.92 Å². The summed E-state index contributed by atoms with van der Waals surface area (Å²) in [5.74, 6) is -0.658. The maximum absolute atomic E-state index is 12.0. The molecule has 1 unspecified atom stereocenters. The summed E-state index contributed by atoms with van der Waals surface area (Å²) in [5.41, 5.74) is 1.08. The first kappa shape index (κ1) is 12.4. The van der Waals surface area contributed by atoms with Crippen LogP contribution in [0.1, 0.15) is 28.8 Å². The second-order valence-corrected chi connectivity index (χ2v) is 4.48. The van der Waals surface area contributed by atoms with Crippen molar-refractivity contribution >= 4 is 11.8 Å². The molecule has 1 fully saturated rings. The van der Waals surface area contributed by atoms with Gasteiger partial charge in [0.1, 0.15) is 11.8 Å². The molecule has 3 N–H and O–H groups in total. The molecule has 1 aromatic carbocycles. The fourth-order valence-electron chi connectivity index (χ4n) is 1.98. The van der Waals surface area contributed by atoms with Crippen LogP contribution in [0.4, 0.5) is 0 Å². The van der Waals surface area contributed by atoms with Crippen molar-refractivity contribution in [3.8, 4) is 5.75 Å². The normalized spacial score (nSPS) is 19.2. The molecular formula is C13H16N2O3. The van der Waals surface area contributed by atoms with Crippen LogP contribution in [-0.2, 0) is 4.79 Å². The second-order valence-electron chi connectivity index (χ2n) is 4.48. The molecule has 0 spiro atoms. The summed E-state index contributed by atoms with van der Waals surface area (Å²) in [6.45, 7) is 2.49. The molecule has 96 valence electrons. The summed E-state index contributed by atoms with van der Waals surface area (Å²) in [5, 5.41) is 15.0. The van der Waals surface area contributed by atoms with Crippen molar-refractivity contribution in [2.24, 2.45) is 0 Å². The van der Waals surface area contributed by atoms with Crippen molar-refractivity contribution in [2.75, 3.05) is 6.54 Å². The van der Waals surface area contributed by atoms with Crippen molar-refractivity contribution in [3.05, 3.63) is 29.3 Å². The third-order valence-corrected chi connectivity index (χ3v) is 2.99. The summed E-state index contributed by atoms with van der Waals surface area (Å²) >= 11 is 0. The van der Waals surface area contributed by atoms with Gasteiger partial charge in [0.25, 0.3) is 5.91 Å². The van der Waals surface area contributed by atoms with Gasteiger partial charge in [0.05, 0.1) is 5.56 Å². The molecule has 0 aromatic heterocycles. The number of hydrogen-bond donors (Lipinski definition) is 3. The van der Waals surface area contributed by atoms with Crippen LogP contribution >= 0.6 is 0 Å². The summed E-state index contributed by atoms with van der Waals surface area (Å²) in [6, 6.07) is 4.29. The molecule has 0 saturated carbocycles. The molecular weight excluding hydrogens is 232 g/mol. The highest BCUT2D eigenvalue weighted by molar-refractivity contribution is 5.99. The van der Waals surface area contributed by atoms with E-state index in [1.54, 1.807) is 12.1 Å². The highest BCUT2D eigenvalue weighted by Crippen LogP contribution is 2.18. The van der Waals surface area contributed by atoms with Gasteiger partial charge in [0.15, 0.2) is 0 Å². The number of aromatic hydroxyl groups is 1. The molecule has 1 heterocycles. The maximum atomic E-state index is 12.0. The largest absolute Gasteiger partial charge is 0.507 e. The third-order valence-electron chi connectivity index (χ3n) is 2.99. The van der Waals surface area contributed by atoms with E-state index in [1.165, 1.54) is 6.07 Å². The number of aryl methyl sites for hydroxylation is 1. The fourth-order valence-corrected chi connectivity index (χ4v) is 1.98. The zero-order valence-corrected chi connectivity index (χ0v) is 10.2. The Morgan fingerprint density at radius 3 is 3.00 bits per heavy atom. The molecule has 2 amide bonds. The average Bonchev–Trinajstić information content (AvgIpc) is 2.35. The lowest BCUT2D eigenvalue weighted by Gasteiger charge is -2.22. The lowest BCUT2D eigenvalue weighted by atomic mass is 10.1. The highest BCUT2D eigenvalue weighted by atomic mass is 16.3. The van der Waals surface area contributed by atoms with Gasteiger partial charge in [-0.3, -0.25) is 9.59 Å². The number of carbonyl (C=O) groups excluding carboxylic acids is 2.